The molecule has 0 aliphatic carbocycles. The summed E-state index contributed by atoms with van der Waals surface area (Å²) >= 11 is 7.52. The number of nitrogens with one attached hydrogen (secondary N) is 1. The quantitative estimate of drug-likeness (QED) is 0.520. The zero-order valence-corrected chi connectivity index (χ0v) is 17.0. The highest BCUT2D eigenvalue weighted by Gasteiger charge is 2.27. The first-order chi connectivity index (χ1) is 13.3. The van der Waals surface area contributed by atoms with E-state index in [4.69, 9.17) is 22.1 Å². The van der Waals surface area contributed by atoms with Gasteiger partial charge in [-0.15, -0.1) is 11.8 Å². The van der Waals surface area contributed by atoms with Gasteiger partial charge in [-0.1, -0.05) is 37.6 Å². The molecule has 0 aromatic heterocycles. The van der Waals surface area contributed by atoms with Gasteiger partial charge in [0.1, 0.15) is 0 Å². The Morgan fingerprint density at radius 2 is 1.68 bits per heavy atom. The predicted molar refractivity (Wildman–Crippen MR) is 109 cm³/mol. The third-order valence-electron chi connectivity index (χ3n) is 3.75. The van der Waals surface area contributed by atoms with E-state index >= 15 is 0 Å². The number of esters is 1. The molecule has 3 amide bonds. The molecule has 0 aliphatic heterocycles. The van der Waals surface area contributed by atoms with Crippen molar-refractivity contribution in [2.45, 2.75) is 30.6 Å². The summed E-state index contributed by atoms with van der Waals surface area (Å²) in [7, 11) is 0. The number of imide groups is 1. The molecule has 1 atom stereocenters. The molecule has 2 aromatic rings. The van der Waals surface area contributed by atoms with Gasteiger partial charge in [-0.25, -0.2) is 9.59 Å². The van der Waals surface area contributed by atoms with E-state index in [9.17, 15) is 14.4 Å². The Balaban J connectivity index is 1.97. The second-order valence-corrected chi connectivity index (χ2v) is 7.85. The van der Waals surface area contributed by atoms with Crippen molar-refractivity contribution in [3.63, 3.8) is 0 Å². The highest BCUT2D eigenvalue weighted by Crippen LogP contribution is 2.24. The van der Waals surface area contributed by atoms with E-state index in [0.717, 1.165) is 16.2 Å². The van der Waals surface area contributed by atoms with E-state index < -0.39 is 24.0 Å². The summed E-state index contributed by atoms with van der Waals surface area (Å²) in [6, 6.07) is 13.5. The molecule has 6 nitrogen and oxygen atoms in total. The van der Waals surface area contributed by atoms with Gasteiger partial charge >= 0.3 is 12.0 Å². The predicted octanol–water partition coefficient (Wildman–Crippen LogP) is 4.01. The van der Waals surface area contributed by atoms with Gasteiger partial charge in [-0.3, -0.25) is 10.1 Å². The average molecular weight is 421 g/mol. The van der Waals surface area contributed by atoms with Crippen molar-refractivity contribution in [3.05, 3.63) is 64.7 Å². The first-order valence-corrected chi connectivity index (χ1v) is 9.91. The molecule has 0 heterocycles. The smallest absolute Gasteiger partial charge is 0.338 e. The van der Waals surface area contributed by atoms with E-state index in [1.165, 1.54) is 0 Å². The van der Waals surface area contributed by atoms with Crippen LogP contribution >= 0.6 is 23.4 Å². The summed E-state index contributed by atoms with van der Waals surface area (Å²) in [4.78, 5) is 36.2. The Bertz CT molecular complexity index is 838. The monoisotopic (exact) mass is 420 g/mol. The van der Waals surface area contributed by atoms with Crippen LogP contribution in [0.3, 0.4) is 0 Å². The Morgan fingerprint density at radius 3 is 2.21 bits per heavy atom. The minimum atomic E-state index is -1.11. The second-order valence-electron chi connectivity index (χ2n) is 6.36. The molecule has 0 saturated carbocycles. The number of thioether (sulfide) groups is 1. The number of hydrogen-bond acceptors (Lipinski definition) is 5. The van der Waals surface area contributed by atoms with Crippen LogP contribution in [0, 0.1) is 5.92 Å². The highest BCUT2D eigenvalue weighted by molar-refractivity contribution is 7.98. The molecule has 0 saturated heterocycles. The molecule has 0 aliphatic rings. The van der Waals surface area contributed by atoms with Crippen LogP contribution < -0.4 is 11.1 Å². The van der Waals surface area contributed by atoms with Crippen LogP contribution in [0.25, 0.3) is 0 Å². The minimum absolute atomic E-state index is 0.317. The normalized spacial score (nSPS) is 11.7. The van der Waals surface area contributed by atoms with E-state index in [1.54, 1.807) is 37.7 Å². The number of nitrogens with two attached hydrogens (primary N) is 1. The zero-order chi connectivity index (χ0) is 20.7. The number of urea groups is 1. The van der Waals surface area contributed by atoms with Crippen LogP contribution in [0.15, 0.2) is 53.4 Å². The fraction of sp³-hybridized carbons (Fsp3) is 0.250. The molecular formula is C20H21ClN2O4S. The number of halogens is 1. The summed E-state index contributed by atoms with van der Waals surface area (Å²) in [6.45, 7) is 3.41. The summed E-state index contributed by atoms with van der Waals surface area (Å²) in [5.74, 6) is -0.979. The standard InChI is InChI=1S/C20H21ClN2O4S/c1-12(2)17(18(24)23-20(22)26)27-19(25)14-5-3-13(4-6-14)11-28-16-9-7-15(21)8-10-16/h3-10,12,17H,11H2,1-2H3,(H3,22,23,24,26)/t17-/m1/s1. The van der Waals surface area contributed by atoms with Crippen molar-refractivity contribution < 1.29 is 19.1 Å². The molecule has 0 spiro atoms. The first kappa shape index (κ1) is 21.8. The van der Waals surface area contributed by atoms with E-state index in [0.29, 0.717) is 10.6 Å². The third kappa shape index (κ3) is 6.58. The number of carbonyl (C=O) groups excluding carboxylic acids is 3. The fourth-order valence-corrected chi connectivity index (χ4v) is 3.28. The first-order valence-electron chi connectivity index (χ1n) is 8.55. The molecular weight excluding hydrogens is 400 g/mol. The molecule has 148 valence electrons. The van der Waals surface area contributed by atoms with Crippen LogP contribution in [0.4, 0.5) is 4.79 Å². The van der Waals surface area contributed by atoms with Crippen LogP contribution in [-0.4, -0.2) is 24.0 Å². The van der Waals surface area contributed by atoms with Crippen LogP contribution in [0.1, 0.15) is 29.8 Å². The Morgan fingerprint density at radius 1 is 1.07 bits per heavy atom. The van der Waals surface area contributed by atoms with Gasteiger partial charge in [0, 0.05) is 15.7 Å². The maximum atomic E-state index is 12.3. The minimum Gasteiger partial charge on any atom is -0.448 e. The second kappa shape index (κ2) is 10.1. The van der Waals surface area contributed by atoms with Gasteiger partial charge in [0.05, 0.1) is 5.56 Å². The largest absolute Gasteiger partial charge is 0.448 e. The van der Waals surface area contributed by atoms with Gasteiger partial charge in [-0.05, 0) is 47.9 Å². The number of carbonyl (C=O) groups is 3. The van der Waals surface area contributed by atoms with E-state index in [-0.39, 0.29) is 5.92 Å². The summed E-state index contributed by atoms with van der Waals surface area (Å²) in [6.07, 6.45) is -1.11. The number of rotatable bonds is 7. The van der Waals surface area contributed by atoms with Crippen molar-refractivity contribution in [2.24, 2.45) is 11.7 Å². The Labute approximate surface area is 172 Å². The lowest BCUT2D eigenvalue weighted by Crippen LogP contribution is -2.45. The summed E-state index contributed by atoms with van der Waals surface area (Å²) < 4.78 is 5.26. The topological polar surface area (TPSA) is 98.5 Å². The number of primary amides is 1. The van der Waals surface area contributed by atoms with E-state index in [1.807, 2.05) is 41.7 Å². The van der Waals surface area contributed by atoms with Crippen molar-refractivity contribution in [1.82, 2.24) is 5.32 Å². The van der Waals surface area contributed by atoms with Gasteiger partial charge in [0.25, 0.3) is 5.91 Å². The summed E-state index contributed by atoms with van der Waals surface area (Å²) in [5, 5.41) is 2.63. The molecule has 2 rings (SSSR count). The lowest BCUT2D eigenvalue weighted by molar-refractivity contribution is -0.130. The highest BCUT2D eigenvalue weighted by atomic mass is 35.5. The van der Waals surface area contributed by atoms with Gasteiger partial charge in [0.15, 0.2) is 6.10 Å². The van der Waals surface area contributed by atoms with Crippen molar-refractivity contribution in [1.29, 1.82) is 0 Å². The molecule has 28 heavy (non-hydrogen) atoms. The number of benzene rings is 2. The molecule has 0 fully saturated rings. The SMILES string of the molecule is CC(C)[C@@H](OC(=O)c1ccc(CSc2ccc(Cl)cc2)cc1)C(=O)NC(N)=O. The van der Waals surface area contributed by atoms with Gasteiger partial charge < -0.3 is 10.5 Å². The van der Waals surface area contributed by atoms with Crippen LogP contribution in [0.2, 0.25) is 5.02 Å². The number of amides is 3. The van der Waals surface area contributed by atoms with E-state index in [2.05, 4.69) is 0 Å². The molecule has 8 heteroatoms. The molecule has 3 N–H and O–H groups in total. The molecule has 2 aromatic carbocycles. The maximum absolute atomic E-state index is 12.3. The number of ether oxygens (including phenoxy) is 1. The Hall–Kier alpha value is -2.51. The lowest BCUT2D eigenvalue weighted by atomic mass is 10.1. The van der Waals surface area contributed by atoms with Crippen LogP contribution in [-0.2, 0) is 15.3 Å². The molecule has 0 radical (unpaired) electrons. The van der Waals surface area contributed by atoms with Crippen molar-refractivity contribution in [3.8, 4) is 0 Å². The van der Waals surface area contributed by atoms with Gasteiger partial charge in [0.2, 0.25) is 0 Å². The zero-order valence-electron chi connectivity index (χ0n) is 15.5. The fourth-order valence-electron chi connectivity index (χ4n) is 2.30. The lowest BCUT2D eigenvalue weighted by Gasteiger charge is -2.19. The third-order valence-corrected chi connectivity index (χ3v) is 5.09. The summed E-state index contributed by atoms with van der Waals surface area (Å²) in [5.41, 5.74) is 6.30. The average Bonchev–Trinajstić information content (AvgIpc) is 2.65. The molecule has 0 bridgehead atoms. The van der Waals surface area contributed by atoms with Crippen LogP contribution in [0.5, 0.6) is 0 Å². The maximum Gasteiger partial charge on any atom is 0.338 e. The number of hydrogen-bond donors (Lipinski definition) is 2. The molecule has 0 unspecified atom stereocenters. The van der Waals surface area contributed by atoms with Crippen molar-refractivity contribution >= 4 is 41.3 Å². The van der Waals surface area contributed by atoms with Gasteiger partial charge in [-0.2, -0.15) is 0 Å². The van der Waals surface area contributed by atoms with Crippen molar-refractivity contribution in [2.75, 3.05) is 0 Å². The Kier molecular flexibility index (Phi) is 7.90.